The van der Waals surface area contributed by atoms with E-state index in [0.717, 1.165) is 16.7 Å². The number of aliphatic imine (C=N–C) groups is 1. The lowest BCUT2D eigenvalue weighted by Gasteiger charge is -1.84. The van der Waals surface area contributed by atoms with E-state index in [4.69, 9.17) is 5.73 Å². The number of hydrogen-bond donors (Lipinski definition) is 1. The van der Waals surface area contributed by atoms with Gasteiger partial charge < -0.3 is 5.73 Å². The summed E-state index contributed by atoms with van der Waals surface area (Å²) >= 11 is 3.16. The van der Waals surface area contributed by atoms with Gasteiger partial charge in [-0.15, -0.1) is 0 Å². The quantitative estimate of drug-likeness (QED) is 0.528. The standard InChI is InChI=1S/C4H5BrN2/c5-4-3(6)1-2-7-4/h2H,1,6H2. The predicted octanol–water partition coefficient (Wildman–Crippen LogP) is 0.984. The van der Waals surface area contributed by atoms with Crippen LogP contribution in [0.3, 0.4) is 0 Å². The number of allylic oxidation sites excluding steroid dienone is 1. The fraction of sp³-hybridized carbons (Fsp3) is 0.250. The summed E-state index contributed by atoms with van der Waals surface area (Å²) < 4.78 is 0.785. The number of halogens is 1. The fourth-order valence-corrected chi connectivity index (χ4v) is 0.698. The maximum Gasteiger partial charge on any atom is 0.124 e. The topological polar surface area (TPSA) is 38.4 Å². The zero-order chi connectivity index (χ0) is 5.28. The zero-order valence-electron chi connectivity index (χ0n) is 3.69. The molecule has 0 bridgehead atoms. The minimum Gasteiger partial charge on any atom is -0.400 e. The Morgan fingerprint density at radius 1 is 1.86 bits per heavy atom. The summed E-state index contributed by atoms with van der Waals surface area (Å²) in [6.07, 6.45) is 2.57. The van der Waals surface area contributed by atoms with Gasteiger partial charge in [-0.2, -0.15) is 0 Å². The highest BCUT2D eigenvalue weighted by Gasteiger charge is 2.00. The van der Waals surface area contributed by atoms with E-state index in [0.29, 0.717) is 0 Å². The normalized spacial score (nSPS) is 19.0. The molecule has 0 radical (unpaired) electrons. The first-order valence-corrected chi connectivity index (χ1v) is 2.76. The summed E-state index contributed by atoms with van der Waals surface area (Å²) in [4.78, 5) is 3.86. The molecule has 0 amide bonds. The van der Waals surface area contributed by atoms with Gasteiger partial charge in [-0.1, -0.05) is 0 Å². The molecule has 0 spiro atoms. The monoisotopic (exact) mass is 160 g/mol. The van der Waals surface area contributed by atoms with Gasteiger partial charge in [0.05, 0.1) is 0 Å². The first-order valence-electron chi connectivity index (χ1n) is 1.97. The van der Waals surface area contributed by atoms with Crippen molar-refractivity contribution in [1.29, 1.82) is 0 Å². The summed E-state index contributed by atoms with van der Waals surface area (Å²) in [6, 6.07) is 0. The van der Waals surface area contributed by atoms with Crippen LogP contribution >= 0.6 is 15.9 Å². The fourth-order valence-electron chi connectivity index (χ4n) is 0.391. The van der Waals surface area contributed by atoms with Crippen LogP contribution in [-0.2, 0) is 0 Å². The summed E-state index contributed by atoms with van der Waals surface area (Å²) in [7, 11) is 0. The third-order valence-electron chi connectivity index (χ3n) is 0.781. The predicted molar refractivity (Wildman–Crippen MR) is 33.2 cm³/mol. The van der Waals surface area contributed by atoms with Gasteiger partial charge in [0.15, 0.2) is 0 Å². The SMILES string of the molecule is NC1=C(Br)N=CC1. The lowest BCUT2D eigenvalue weighted by molar-refractivity contribution is 1.25. The van der Waals surface area contributed by atoms with Gasteiger partial charge in [0.1, 0.15) is 4.61 Å². The van der Waals surface area contributed by atoms with Gasteiger partial charge in [-0.25, -0.2) is 0 Å². The molecule has 0 aromatic heterocycles. The van der Waals surface area contributed by atoms with Crippen LogP contribution in [0, 0.1) is 0 Å². The van der Waals surface area contributed by atoms with Gasteiger partial charge in [-0.3, -0.25) is 4.99 Å². The summed E-state index contributed by atoms with van der Waals surface area (Å²) in [5.41, 5.74) is 6.21. The third kappa shape index (κ3) is 0.825. The number of nitrogens with zero attached hydrogens (tertiary/aromatic N) is 1. The summed E-state index contributed by atoms with van der Waals surface area (Å²) in [5, 5.41) is 0. The molecule has 1 rings (SSSR count). The Kier molecular flexibility index (Phi) is 1.15. The average molecular weight is 161 g/mol. The van der Waals surface area contributed by atoms with Gasteiger partial charge in [0, 0.05) is 18.3 Å². The highest BCUT2D eigenvalue weighted by Crippen LogP contribution is 2.15. The molecule has 3 heteroatoms. The van der Waals surface area contributed by atoms with Crippen molar-refractivity contribution in [3.63, 3.8) is 0 Å². The van der Waals surface area contributed by atoms with Crippen molar-refractivity contribution in [1.82, 2.24) is 0 Å². The average Bonchev–Trinajstić information content (AvgIpc) is 1.91. The summed E-state index contributed by atoms with van der Waals surface area (Å²) in [6.45, 7) is 0. The van der Waals surface area contributed by atoms with Crippen molar-refractivity contribution in [2.75, 3.05) is 0 Å². The van der Waals surface area contributed by atoms with Crippen LogP contribution in [0.5, 0.6) is 0 Å². The van der Waals surface area contributed by atoms with Crippen LogP contribution in [0.4, 0.5) is 0 Å². The van der Waals surface area contributed by atoms with Crippen LogP contribution in [0.1, 0.15) is 6.42 Å². The Morgan fingerprint density at radius 2 is 2.57 bits per heavy atom. The van der Waals surface area contributed by atoms with E-state index in [1.807, 2.05) is 0 Å². The van der Waals surface area contributed by atoms with Crippen molar-refractivity contribution in [3.05, 3.63) is 10.3 Å². The largest absolute Gasteiger partial charge is 0.400 e. The maximum absolute atomic E-state index is 5.39. The van der Waals surface area contributed by atoms with Crippen LogP contribution in [-0.4, -0.2) is 6.21 Å². The van der Waals surface area contributed by atoms with Crippen molar-refractivity contribution < 1.29 is 0 Å². The molecule has 0 aromatic carbocycles. The minimum atomic E-state index is 0.785. The van der Waals surface area contributed by atoms with Gasteiger partial charge in [-0.05, 0) is 15.9 Å². The van der Waals surface area contributed by atoms with E-state index in [-0.39, 0.29) is 0 Å². The molecule has 0 saturated carbocycles. The molecular formula is C4H5BrN2. The van der Waals surface area contributed by atoms with Crippen LogP contribution in [0.25, 0.3) is 0 Å². The van der Waals surface area contributed by atoms with E-state index in [1.165, 1.54) is 0 Å². The molecule has 1 heterocycles. The van der Waals surface area contributed by atoms with Crippen molar-refractivity contribution in [2.45, 2.75) is 6.42 Å². The Balaban J connectivity index is 2.79. The second-order valence-electron chi connectivity index (χ2n) is 1.33. The highest BCUT2D eigenvalue weighted by molar-refractivity contribution is 9.11. The Bertz CT molecular complexity index is 137. The molecule has 38 valence electrons. The lowest BCUT2D eigenvalue weighted by atomic mass is 10.4. The molecule has 0 atom stereocenters. The molecule has 0 saturated heterocycles. The van der Waals surface area contributed by atoms with Crippen LogP contribution < -0.4 is 5.73 Å². The molecule has 7 heavy (non-hydrogen) atoms. The molecule has 2 nitrogen and oxygen atoms in total. The van der Waals surface area contributed by atoms with E-state index in [9.17, 15) is 0 Å². The minimum absolute atomic E-state index is 0.785. The Labute approximate surface area is 50.2 Å². The van der Waals surface area contributed by atoms with Crippen LogP contribution in [0.15, 0.2) is 15.3 Å². The molecule has 0 unspecified atom stereocenters. The third-order valence-corrected chi connectivity index (χ3v) is 1.49. The second kappa shape index (κ2) is 1.66. The van der Waals surface area contributed by atoms with E-state index >= 15 is 0 Å². The first-order chi connectivity index (χ1) is 3.30. The van der Waals surface area contributed by atoms with Gasteiger partial charge in [0.25, 0.3) is 0 Å². The van der Waals surface area contributed by atoms with Crippen molar-refractivity contribution in [2.24, 2.45) is 10.7 Å². The van der Waals surface area contributed by atoms with Crippen molar-refractivity contribution in [3.8, 4) is 0 Å². The number of rotatable bonds is 0. The Morgan fingerprint density at radius 3 is 2.71 bits per heavy atom. The molecule has 0 aromatic rings. The van der Waals surface area contributed by atoms with E-state index in [1.54, 1.807) is 6.21 Å². The van der Waals surface area contributed by atoms with E-state index < -0.39 is 0 Å². The Hall–Kier alpha value is -0.310. The molecule has 0 fully saturated rings. The highest BCUT2D eigenvalue weighted by atomic mass is 79.9. The zero-order valence-corrected chi connectivity index (χ0v) is 5.27. The number of nitrogens with two attached hydrogens (primary N) is 1. The second-order valence-corrected chi connectivity index (χ2v) is 2.08. The van der Waals surface area contributed by atoms with Gasteiger partial charge >= 0.3 is 0 Å². The first kappa shape index (κ1) is 4.84. The number of hydrogen-bond acceptors (Lipinski definition) is 2. The lowest BCUT2D eigenvalue weighted by Crippen LogP contribution is -1.93. The van der Waals surface area contributed by atoms with Gasteiger partial charge in [0.2, 0.25) is 0 Å². The smallest absolute Gasteiger partial charge is 0.124 e. The molecule has 1 aliphatic rings. The molecular weight excluding hydrogens is 156 g/mol. The molecule has 1 aliphatic heterocycles. The summed E-state index contributed by atoms with van der Waals surface area (Å²) in [5.74, 6) is 0. The van der Waals surface area contributed by atoms with Crippen molar-refractivity contribution >= 4 is 22.1 Å². The molecule has 2 N–H and O–H groups in total. The van der Waals surface area contributed by atoms with Crippen LogP contribution in [0.2, 0.25) is 0 Å². The van der Waals surface area contributed by atoms with E-state index in [2.05, 4.69) is 20.9 Å². The maximum atomic E-state index is 5.39. The molecule has 0 aliphatic carbocycles.